The van der Waals surface area contributed by atoms with Gasteiger partial charge in [-0.2, -0.15) is 0 Å². The zero-order valence-corrected chi connectivity index (χ0v) is 15.2. The van der Waals surface area contributed by atoms with Crippen LogP contribution in [0.25, 0.3) is 11.3 Å². The molecule has 4 nitrogen and oxygen atoms in total. The first kappa shape index (κ1) is 16.9. The Kier molecular flexibility index (Phi) is 5.02. The van der Waals surface area contributed by atoms with Crippen molar-refractivity contribution in [3.63, 3.8) is 0 Å². The fourth-order valence-corrected chi connectivity index (χ4v) is 3.61. The largest absolute Gasteiger partial charge is 0.340 e. The van der Waals surface area contributed by atoms with Crippen LogP contribution in [-0.4, -0.2) is 18.2 Å². The topological polar surface area (TPSA) is 41.3 Å². The Labute approximate surface area is 154 Å². The summed E-state index contributed by atoms with van der Waals surface area (Å²) in [6.45, 7) is 5.80. The molecule has 0 bridgehead atoms. The summed E-state index contributed by atoms with van der Waals surface area (Å²) >= 11 is 0. The average molecular weight is 347 g/mol. The van der Waals surface area contributed by atoms with E-state index in [0.29, 0.717) is 0 Å². The maximum Gasteiger partial charge on any atom is 0.232 e. The van der Waals surface area contributed by atoms with Gasteiger partial charge in [-0.1, -0.05) is 65.3 Å². The normalized spacial score (nSPS) is 14.1. The molecule has 0 amide bonds. The van der Waals surface area contributed by atoms with E-state index in [1.165, 1.54) is 24.0 Å². The first-order valence-electron chi connectivity index (χ1n) is 9.36. The smallest absolute Gasteiger partial charge is 0.232 e. The predicted octanol–water partition coefficient (Wildman–Crippen LogP) is 4.54. The number of nitrogens with one attached hydrogen (secondary N) is 1. The average Bonchev–Trinajstić information content (AvgIpc) is 3.32. The number of aryl methyl sites for hydroxylation is 1. The van der Waals surface area contributed by atoms with Crippen molar-refractivity contribution in [1.82, 2.24) is 10.5 Å². The summed E-state index contributed by atoms with van der Waals surface area (Å²) in [5.41, 5.74) is 5.80. The van der Waals surface area contributed by atoms with Crippen LogP contribution in [0.5, 0.6) is 0 Å². The minimum atomic E-state index is 0.744. The summed E-state index contributed by atoms with van der Waals surface area (Å²) in [6.07, 6.45) is 2.44. The predicted molar refractivity (Wildman–Crippen MR) is 105 cm³/mol. The molecule has 0 atom stereocenters. The molecule has 4 heteroatoms. The molecule has 4 rings (SSSR count). The molecule has 0 saturated carbocycles. The highest BCUT2D eigenvalue weighted by Crippen LogP contribution is 2.33. The summed E-state index contributed by atoms with van der Waals surface area (Å²) < 4.78 is 5.79. The third kappa shape index (κ3) is 3.65. The molecule has 1 aromatic heterocycles. The summed E-state index contributed by atoms with van der Waals surface area (Å²) in [4.78, 5) is 2.32. The number of nitrogens with zero attached hydrogens (tertiary/aromatic N) is 2. The van der Waals surface area contributed by atoms with E-state index in [4.69, 9.17) is 4.52 Å². The minimum Gasteiger partial charge on any atom is -0.340 e. The van der Waals surface area contributed by atoms with Crippen molar-refractivity contribution in [3.8, 4) is 11.3 Å². The molecule has 0 unspecified atom stereocenters. The highest BCUT2D eigenvalue weighted by Gasteiger charge is 2.24. The first-order chi connectivity index (χ1) is 12.8. The molecule has 1 fully saturated rings. The molecule has 3 aromatic rings. The van der Waals surface area contributed by atoms with Gasteiger partial charge in [0.2, 0.25) is 5.88 Å². The van der Waals surface area contributed by atoms with Crippen molar-refractivity contribution in [3.05, 3.63) is 71.3 Å². The number of rotatable bonds is 6. The van der Waals surface area contributed by atoms with E-state index >= 15 is 0 Å². The van der Waals surface area contributed by atoms with E-state index < -0.39 is 0 Å². The Morgan fingerprint density at radius 1 is 1.00 bits per heavy atom. The fourth-order valence-electron chi connectivity index (χ4n) is 3.61. The zero-order valence-electron chi connectivity index (χ0n) is 15.2. The molecule has 1 aliphatic rings. The van der Waals surface area contributed by atoms with Gasteiger partial charge >= 0.3 is 0 Å². The number of benzene rings is 2. The second-order valence-electron chi connectivity index (χ2n) is 6.97. The third-order valence-corrected chi connectivity index (χ3v) is 4.92. The lowest BCUT2D eigenvalue weighted by Crippen LogP contribution is -2.21. The highest BCUT2D eigenvalue weighted by atomic mass is 16.5. The van der Waals surface area contributed by atoms with Gasteiger partial charge < -0.3 is 14.7 Å². The van der Waals surface area contributed by atoms with Gasteiger partial charge in [-0.25, -0.2) is 0 Å². The number of aromatic nitrogens is 1. The Balaban J connectivity index is 1.56. The van der Waals surface area contributed by atoms with Gasteiger partial charge in [0.05, 0.1) is 5.56 Å². The van der Waals surface area contributed by atoms with Gasteiger partial charge in [0, 0.05) is 31.7 Å². The number of hydrogen-bond acceptors (Lipinski definition) is 4. The van der Waals surface area contributed by atoms with Crippen molar-refractivity contribution < 1.29 is 4.52 Å². The molecular formula is C22H25N3O. The van der Waals surface area contributed by atoms with E-state index in [0.717, 1.165) is 48.9 Å². The van der Waals surface area contributed by atoms with Crippen LogP contribution in [0.15, 0.2) is 59.1 Å². The van der Waals surface area contributed by atoms with Gasteiger partial charge in [0.1, 0.15) is 5.69 Å². The molecule has 0 aliphatic carbocycles. The Morgan fingerprint density at radius 3 is 2.58 bits per heavy atom. The molecular weight excluding hydrogens is 322 g/mol. The van der Waals surface area contributed by atoms with Gasteiger partial charge in [0.15, 0.2) is 0 Å². The maximum absolute atomic E-state index is 5.79. The minimum absolute atomic E-state index is 0.744. The van der Waals surface area contributed by atoms with Crippen LogP contribution < -0.4 is 10.2 Å². The second-order valence-corrected chi connectivity index (χ2v) is 6.97. The molecule has 26 heavy (non-hydrogen) atoms. The van der Waals surface area contributed by atoms with Gasteiger partial charge in [0.25, 0.3) is 0 Å². The molecule has 1 N–H and O–H groups in total. The maximum atomic E-state index is 5.79. The van der Waals surface area contributed by atoms with Crippen LogP contribution in [0.1, 0.15) is 29.5 Å². The number of hydrogen-bond donors (Lipinski definition) is 1. The van der Waals surface area contributed by atoms with Gasteiger partial charge in [-0.3, -0.25) is 0 Å². The quantitative estimate of drug-likeness (QED) is 0.711. The van der Waals surface area contributed by atoms with Crippen LogP contribution in [0, 0.1) is 6.92 Å². The summed E-state index contributed by atoms with van der Waals surface area (Å²) in [5.74, 6) is 0.929. The molecule has 134 valence electrons. The van der Waals surface area contributed by atoms with Crippen molar-refractivity contribution in [2.24, 2.45) is 0 Å². The van der Waals surface area contributed by atoms with Crippen LogP contribution in [-0.2, 0) is 13.1 Å². The van der Waals surface area contributed by atoms with Crippen molar-refractivity contribution in [2.45, 2.75) is 32.9 Å². The molecule has 1 aliphatic heterocycles. The van der Waals surface area contributed by atoms with E-state index in [1.807, 2.05) is 18.2 Å². The standard InChI is InChI=1S/C22H25N3O/c1-17-8-7-9-18(14-17)15-23-16-20-21(19-10-3-2-4-11-19)24-26-22(20)25-12-5-6-13-25/h2-4,7-11,14,23H,5-6,12-13,15-16H2,1H3. The van der Waals surface area contributed by atoms with Crippen LogP contribution in [0.2, 0.25) is 0 Å². The molecule has 1 saturated heterocycles. The molecule has 0 spiro atoms. The SMILES string of the molecule is Cc1cccc(CNCc2c(-c3ccccc3)noc2N2CCCC2)c1. The highest BCUT2D eigenvalue weighted by molar-refractivity contribution is 5.68. The van der Waals surface area contributed by atoms with Crippen molar-refractivity contribution in [1.29, 1.82) is 0 Å². The van der Waals surface area contributed by atoms with Crippen LogP contribution >= 0.6 is 0 Å². The zero-order chi connectivity index (χ0) is 17.8. The summed E-state index contributed by atoms with van der Waals surface area (Å²) in [5, 5.41) is 7.99. The Bertz CT molecular complexity index is 851. The van der Waals surface area contributed by atoms with Crippen molar-refractivity contribution >= 4 is 5.88 Å². The lowest BCUT2D eigenvalue weighted by atomic mass is 10.1. The third-order valence-electron chi connectivity index (χ3n) is 4.92. The fraction of sp³-hybridized carbons (Fsp3) is 0.318. The number of anilines is 1. The summed E-state index contributed by atoms with van der Waals surface area (Å²) in [6, 6.07) is 18.9. The molecule has 2 heterocycles. The molecule has 0 radical (unpaired) electrons. The van der Waals surface area contributed by atoms with E-state index in [1.54, 1.807) is 0 Å². The van der Waals surface area contributed by atoms with E-state index in [-0.39, 0.29) is 0 Å². The first-order valence-corrected chi connectivity index (χ1v) is 9.36. The Hall–Kier alpha value is -2.59. The lowest BCUT2D eigenvalue weighted by Gasteiger charge is -2.15. The van der Waals surface area contributed by atoms with Gasteiger partial charge in [-0.05, 0) is 25.3 Å². The van der Waals surface area contributed by atoms with Crippen LogP contribution in [0.3, 0.4) is 0 Å². The van der Waals surface area contributed by atoms with Gasteiger partial charge in [-0.15, -0.1) is 0 Å². The molecule has 2 aromatic carbocycles. The second kappa shape index (κ2) is 7.75. The van der Waals surface area contributed by atoms with Crippen LogP contribution in [0.4, 0.5) is 5.88 Å². The Morgan fingerprint density at radius 2 is 1.81 bits per heavy atom. The monoisotopic (exact) mass is 347 g/mol. The van der Waals surface area contributed by atoms with E-state index in [2.05, 4.69) is 58.7 Å². The summed E-state index contributed by atoms with van der Waals surface area (Å²) in [7, 11) is 0. The van der Waals surface area contributed by atoms with Crippen molar-refractivity contribution in [2.75, 3.05) is 18.0 Å². The lowest BCUT2D eigenvalue weighted by molar-refractivity contribution is 0.421. The van der Waals surface area contributed by atoms with E-state index in [9.17, 15) is 0 Å².